The number of carboxylic acids is 1. The normalized spacial score (nSPS) is 11.9. The lowest BCUT2D eigenvalue weighted by molar-refractivity contribution is 0.0696. The molecule has 0 saturated heterocycles. The Morgan fingerprint density at radius 2 is 2.05 bits per heavy atom. The highest BCUT2D eigenvalue weighted by Gasteiger charge is 2.20. The van der Waals surface area contributed by atoms with Gasteiger partial charge in [0, 0.05) is 18.1 Å². The topological polar surface area (TPSA) is 84.6 Å². The van der Waals surface area contributed by atoms with Crippen molar-refractivity contribution < 1.29 is 22.7 Å². The van der Waals surface area contributed by atoms with Crippen LogP contribution in [0.1, 0.15) is 41.4 Å². The Morgan fingerprint density at radius 1 is 1.33 bits per heavy atom. The van der Waals surface area contributed by atoms with Crippen molar-refractivity contribution >= 4 is 26.8 Å². The van der Waals surface area contributed by atoms with Crippen LogP contribution in [0.15, 0.2) is 22.6 Å². The fourth-order valence-electron chi connectivity index (χ4n) is 2.34. The van der Waals surface area contributed by atoms with Gasteiger partial charge in [-0.15, -0.1) is 0 Å². The number of carbonyl (C=O) groups is 1. The van der Waals surface area contributed by atoms with Crippen molar-refractivity contribution in [3.8, 4) is 0 Å². The highest BCUT2D eigenvalue weighted by molar-refractivity contribution is 7.89. The fourth-order valence-corrected chi connectivity index (χ4v) is 3.12. The molecule has 0 unspecified atom stereocenters. The van der Waals surface area contributed by atoms with Crippen LogP contribution in [0.2, 0.25) is 0 Å². The van der Waals surface area contributed by atoms with Crippen molar-refractivity contribution in [1.29, 1.82) is 0 Å². The van der Waals surface area contributed by atoms with Crippen LogP contribution in [0.3, 0.4) is 0 Å². The largest absolute Gasteiger partial charge is 0.478 e. The number of sulfone groups is 1. The summed E-state index contributed by atoms with van der Waals surface area (Å²) in [5.41, 5.74) is 1.19. The standard InChI is InChI=1S/C15H18O5S/c1-3-4-5-13-14(15(16)17)11-8-10(9-21(2,18)19)6-7-12(11)20-13/h6-8H,3-5,9H2,1-2H3,(H,16,17). The number of carboxylic acid groups (broad SMARTS) is 1. The molecule has 0 atom stereocenters. The van der Waals surface area contributed by atoms with E-state index in [1.54, 1.807) is 18.2 Å². The second-order valence-corrected chi connectivity index (χ2v) is 7.35. The number of unbranched alkanes of at least 4 members (excludes halogenated alkanes) is 1. The Morgan fingerprint density at radius 3 is 2.62 bits per heavy atom. The summed E-state index contributed by atoms with van der Waals surface area (Å²) in [7, 11) is -3.16. The molecule has 0 aliphatic carbocycles. The van der Waals surface area contributed by atoms with E-state index in [9.17, 15) is 18.3 Å². The van der Waals surface area contributed by atoms with E-state index in [1.165, 1.54) is 0 Å². The molecule has 21 heavy (non-hydrogen) atoms. The van der Waals surface area contributed by atoms with Crippen LogP contribution in [0.5, 0.6) is 0 Å². The van der Waals surface area contributed by atoms with E-state index in [0.717, 1.165) is 19.1 Å². The summed E-state index contributed by atoms with van der Waals surface area (Å²) in [6.07, 6.45) is 3.50. The van der Waals surface area contributed by atoms with Crippen LogP contribution < -0.4 is 0 Å². The number of aromatic carboxylic acids is 1. The van der Waals surface area contributed by atoms with E-state index < -0.39 is 15.8 Å². The molecule has 1 aromatic carbocycles. The summed E-state index contributed by atoms with van der Waals surface area (Å²) in [6, 6.07) is 4.89. The van der Waals surface area contributed by atoms with E-state index in [-0.39, 0.29) is 11.3 Å². The van der Waals surface area contributed by atoms with Gasteiger partial charge >= 0.3 is 5.97 Å². The lowest BCUT2D eigenvalue weighted by Crippen LogP contribution is -2.02. The minimum absolute atomic E-state index is 0.114. The smallest absolute Gasteiger partial charge is 0.339 e. The van der Waals surface area contributed by atoms with Gasteiger partial charge in [0.1, 0.15) is 16.9 Å². The van der Waals surface area contributed by atoms with Crippen LogP contribution in [0.25, 0.3) is 11.0 Å². The molecule has 2 aromatic rings. The third-order valence-corrected chi connectivity index (χ3v) is 4.08. The molecule has 5 nitrogen and oxygen atoms in total. The third-order valence-electron chi connectivity index (χ3n) is 3.23. The van der Waals surface area contributed by atoms with Gasteiger partial charge in [0.25, 0.3) is 0 Å². The molecule has 0 aliphatic rings. The van der Waals surface area contributed by atoms with E-state index in [2.05, 4.69) is 0 Å². The minimum atomic E-state index is -3.16. The molecule has 0 saturated carbocycles. The van der Waals surface area contributed by atoms with E-state index in [1.807, 2.05) is 6.92 Å². The summed E-state index contributed by atoms with van der Waals surface area (Å²) in [5, 5.41) is 9.86. The maximum Gasteiger partial charge on any atom is 0.339 e. The Labute approximate surface area is 123 Å². The average molecular weight is 310 g/mol. The summed E-state index contributed by atoms with van der Waals surface area (Å²) < 4.78 is 28.3. The quantitative estimate of drug-likeness (QED) is 0.886. The van der Waals surface area contributed by atoms with Gasteiger partial charge in [-0.3, -0.25) is 0 Å². The van der Waals surface area contributed by atoms with Gasteiger partial charge < -0.3 is 9.52 Å². The molecule has 1 aromatic heterocycles. The van der Waals surface area contributed by atoms with E-state index >= 15 is 0 Å². The van der Waals surface area contributed by atoms with Gasteiger partial charge in [-0.2, -0.15) is 0 Å². The molecular weight excluding hydrogens is 292 g/mol. The number of hydrogen-bond acceptors (Lipinski definition) is 4. The van der Waals surface area contributed by atoms with Crippen LogP contribution in [-0.4, -0.2) is 25.7 Å². The van der Waals surface area contributed by atoms with Crippen molar-refractivity contribution in [1.82, 2.24) is 0 Å². The SMILES string of the molecule is CCCCc1oc2ccc(CS(C)(=O)=O)cc2c1C(=O)O. The Kier molecular flexibility index (Phi) is 4.37. The average Bonchev–Trinajstić information content (AvgIpc) is 2.71. The molecule has 2 rings (SSSR count). The predicted molar refractivity (Wildman–Crippen MR) is 80.3 cm³/mol. The van der Waals surface area contributed by atoms with Crippen molar-refractivity contribution in [2.24, 2.45) is 0 Å². The fraction of sp³-hybridized carbons (Fsp3) is 0.400. The number of benzene rings is 1. The van der Waals surface area contributed by atoms with Gasteiger partial charge in [-0.1, -0.05) is 19.4 Å². The van der Waals surface area contributed by atoms with Crippen LogP contribution in [0.4, 0.5) is 0 Å². The number of rotatable bonds is 6. The van der Waals surface area contributed by atoms with Gasteiger partial charge in [0.2, 0.25) is 0 Å². The molecule has 0 amide bonds. The zero-order valence-electron chi connectivity index (χ0n) is 12.0. The van der Waals surface area contributed by atoms with Crippen molar-refractivity contribution in [2.45, 2.75) is 31.9 Å². The minimum Gasteiger partial charge on any atom is -0.478 e. The molecule has 0 bridgehead atoms. The van der Waals surface area contributed by atoms with Gasteiger partial charge in [0.15, 0.2) is 9.84 Å². The molecule has 0 radical (unpaired) electrons. The molecule has 1 N–H and O–H groups in total. The summed E-state index contributed by atoms with van der Waals surface area (Å²) in [4.78, 5) is 11.5. The molecular formula is C15H18O5S. The summed E-state index contributed by atoms with van der Waals surface area (Å²) in [5.74, 6) is -0.704. The maximum atomic E-state index is 11.5. The highest BCUT2D eigenvalue weighted by atomic mass is 32.2. The van der Waals surface area contributed by atoms with Crippen LogP contribution >= 0.6 is 0 Å². The first-order chi connectivity index (χ1) is 9.81. The second-order valence-electron chi connectivity index (χ2n) is 5.21. The molecule has 1 heterocycles. The van der Waals surface area contributed by atoms with Crippen molar-refractivity contribution in [3.63, 3.8) is 0 Å². The highest BCUT2D eigenvalue weighted by Crippen LogP contribution is 2.28. The van der Waals surface area contributed by atoms with E-state index in [0.29, 0.717) is 28.7 Å². The monoisotopic (exact) mass is 310 g/mol. The Bertz CT molecular complexity index is 771. The van der Waals surface area contributed by atoms with Crippen LogP contribution in [-0.2, 0) is 22.0 Å². The Hall–Kier alpha value is -1.82. The van der Waals surface area contributed by atoms with Crippen molar-refractivity contribution in [3.05, 3.63) is 35.1 Å². The number of fused-ring (bicyclic) bond motifs is 1. The zero-order valence-corrected chi connectivity index (χ0v) is 12.9. The third kappa shape index (κ3) is 3.64. The molecule has 0 fully saturated rings. The first kappa shape index (κ1) is 15.6. The molecule has 114 valence electrons. The maximum absolute atomic E-state index is 11.5. The lowest BCUT2D eigenvalue weighted by Gasteiger charge is -2.00. The van der Waals surface area contributed by atoms with Gasteiger partial charge in [-0.25, -0.2) is 13.2 Å². The van der Waals surface area contributed by atoms with Gasteiger partial charge in [0.05, 0.1) is 5.75 Å². The zero-order chi connectivity index (χ0) is 15.6. The first-order valence-electron chi connectivity index (χ1n) is 6.77. The van der Waals surface area contributed by atoms with Crippen LogP contribution in [0, 0.1) is 0 Å². The predicted octanol–water partition coefficient (Wildman–Crippen LogP) is 3.02. The molecule has 6 heteroatoms. The van der Waals surface area contributed by atoms with E-state index in [4.69, 9.17) is 4.42 Å². The second kappa shape index (κ2) is 5.89. The molecule has 0 spiro atoms. The molecule has 0 aliphatic heterocycles. The Balaban J connectivity index is 2.54. The van der Waals surface area contributed by atoms with Gasteiger partial charge in [-0.05, 0) is 24.1 Å². The number of furan rings is 1. The number of hydrogen-bond donors (Lipinski definition) is 1. The first-order valence-corrected chi connectivity index (χ1v) is 8.83. The summed E-state index contributed by atoms with van der Waals surface area (Å²) >= 11 is 0. The number of aryl methyl sites for hydroxylation is 1. The lowest BCUT2D eigenvalue weighted by atomic mass is 10.1. The summed E-state index contributed by atoms with van der Waals surface area (Å²) in [6.45, 7) is 2.02. The van der Waals surface area contributed by atoms with Crippen molar-refractivity contribution in [2.75, 3.05) is 6.26 Å².